The number of benzene rings is 1. The molecule has 1 aliphatic heterocycles. The molecule has 104 valence electrons. The lowest BCUT2D eigenvalue weighted by atomic mass is 10.1. The molecule has 2 atom stereocenters. The molecule has 0 saturated heterocycles. The number of hydrogen-bond donors (Lipinski definition) is 1. The number of likely N-dealkylation sites (N-methyl/N-ethyl adjacent to an activating group) is 1. The van der Waals surface area contributed by atoms with Crippen LogP contribution in [0.4, 0.5) is 0 Å². The Morgan fingerprint density at radius 2 is 2.37 bits per heavy atom. The van der Waals surface area contributed by atoms with Crippen molar-refractivity contribution < 1.29 is 14.6 Å². The molecule has 1 N–H and O–H groups in total. The average molecular weight is 328 g/mol. The molecular weight excluding hydrogens is 310 g/mol. The normalized spacial score (nSPS) is 19.1. The van der Waals surface area contributed by atoms with Crippen molar-refractivity contribution in [2.45, 2.75) is 31.9 Å². The fraction of sp³-hybridized carbons (Fsp3) is 0.500. The first-order valence-electron chi connectivity index (χ1n) is 6.39. The van der Waals surface area contributed by atoms with Crippen LogP contribution in [0.5, 0.6) is 5.75 Å². The van der Waals surface area contributed by atoms with Gasteiger partial charge in [0, 0.05) is 17.4 Å². The number of halogens is 1. The minimum absolute atomic E-state index is 0.0303. The van der Waals surface area contributed by atoms with Gasteiger partial charge in [-0.2, -0.15) is 0 Å². The number of carboxylic acids is 1. The third-order valence-corrected chi connectivity index (χ3v) is 3.95. The molecule has 0 amide bonds. The molecule has 0 saturated carbocycles. The molecule has 2 unspecified atom stereocenters. The summed E-state index contributed by atoms with van der Waals surface area (Å²) in [4.78, 5) is 13.0. The highest BCUT2D eigenvalue weighted by Gasteiger charge is 2.28. The second-order valence-electron chi connectivity index (χ2n) is 4.90. The first-order chi connectivity index (χ1) is 9.01. The molecule has 0 radical (unpaired) electrons. The lowest BCUT2D eigenvalue weighted by molar-refractivity contribution is -0.143. The second kappa shape index (κ2) is 5.92. The van der Waals surface area contributed by atoms with Crippen molar-refractivity contribution in [3.8, 4) is 5.75 Å². The predicted molar refractivity (Wildman–Crippen MR) is 76.6 cm³/mol. The van der Waals surface area contributed by atoms with E-state index in [-0.39, 0.29) is 6.10 Å². The van der Waals surface area contributed by atoms with Gasteiger partial charge >= 0.3 is 5.97 Å². The number of ether oxygens (including phenoxy) is 1. The van der Waals surface area contributed by atoms with E-state index in [1.165, 1.54) is 5.56 Å². The van der Waals surface area contributed by atoms with Crippen molar-refractivity contribution in [2.24, 2.45) is 0 Å². The van der Waals surface area contributed by atoms with Gasteiger partial charge in [0.2, 0.25) is 0 Å². The molecule has 0 spiro atoms. The van der Waals surface area contributed by atoms with Gasteiger partial charge in [0.15, 0.2) is 0 Å². The smallest absolute Gasteiger partial charge is 0.320 e. The SMILES string of the molecule is CCC(C(=O)O)N(C)CC1Cc2cc(Br)ccc2O1. The predicted octanol–water partition coefficient (Wildman–Crippen LogP) is 2.55. The Labute approximate surface area is 121 Å². The van der Waals surface area contributed by atoms with Crippen LogP contribution in [0.15, 0.2) is 22.7 Å². The summed E-state index contributed by atoms with van der Waals surface area (Å²) in [7, 11) is 1.84. The Hall–Kier alpha value is -1.07. The van der Waals surface area contributed by atoms with Crippen LogP contribution < -0.4 is 4.74 Å². The molecule has 1 aliphatic rings. The van der Waals surface area contributed by atoms with Crippen LogP contribution in [0.1, 0.15) is 18.9 Å². The van der Waals surface area contributed by atoms with Crippen LogP contribution >= 0.6 is 15.9 Å². The van der Waals surface area contributed by atoms with Gasteiger partial charge in [0.1, 0.15) is 17.9 Å². The van der Waals surface area contributed by atoms with Crippen LogP contribution in [0.2, 0.25) is 0 Å². The molecule has 4 nitrogen and oxygen atoms in total. The number of aliphatic carboxylic acids is 1. The third-order valence-electron chi connectivity index (χ3n) is 3.46. The van der Waals surface area contributed by atoms with Crippen molar-refractivity contribution in [3.63, 3.8) is 0 Å². The first-order valence-corrected chi connectivity index (χ1v) is 7.18. The highest BCUT2D eigenvalue weighted by Crippen LogP contribution is 2.31. The van der Waals surface area contributed by atoms with E-state index >= 15 is 0 Å². The van der Waals surface area contributed by atoms with Gasteiger partial charge in [-0.25, -0.2) is 0 Å². The van der Waals surface area contributed by atoms with E-state index in [4.69, 9.17) is 9.84 Å². The van der Waals surface area contributed by atoms with E-state index in [1.54, 1.807) is 0 Å². The van der Waals surface area contributed by atoms with Gasteiger partial charge in [0.05, 0.1) is 0 Å². The Balaban J connectivity index is 1.98. The molecule has 0 aliphatic carbocycles. The summed E-state index contributed by atoms with van der Waals surface area (Å²) >= 11 is 3.45. The van der Waals surface area contributed by atoms with E-state index in [2.05, 4.69) is 22.0 Å². The van der Waals surface area contributed by atoms with Gasteiger partial charge < -0.3 is 9.84 Å². The van der Waals surface area contributed by atoms with Crippen molar-refractivity contribution in [2.75, 3.05) is 13.6 Å². The van der Waals surface area contributed by atoms with E-state index in [0.717, 1.165) is 16.6 Å². The van der Waals surface area contributed by atoms with Crippen LogP contribution in [0, 0.1) is 0 Å². The van der Waals surface area contributed by atoms with Crippen molar-refractivity contribution in [1.82, 2.24) is 4.90 Å². The van der Waals surface area contributed by atoms with Crippen molar-refractivity contribution in [1.29, 1.82) is 0 Å². The Kier molecular flexibility index (Phi) is 4.47. The van der Waals surface area contributed by atoms with Gasteiger partial charge in [-0.1, -0.05) is 22.9 Å². The van der Waals surface area contributed by atoms with E-state index in [0.29, 0.717) is 13.0 Å². The Morgan fingerprint density at radius 3 is 3.00 bits per heavy atom. The number of nitrogens with zero attached hydrogens (tertiary/aromatic N) is 1. The molecule has 1 aromatic carbocycles. The summed E-state index contributed by atoms with van der Waals surface area (Å²) < 4.78 is 6.89. The third kappa shape index (κ3) is 3.28. The zero-order valence-electron chi connectivity index (χ0n) is 11.1. The maximum atomic E-state index is 11.1. The minimum Gasteiger partial charge on any atom is -0.488 e. The molecule has 0 aromatic heterocycles. The van der Waals surface area contributed by atoms with Gasteiger partial charge in [-0.05, 0) is 37.2 Å². The van der Waals surface area contributed by atoms with E-state index in [9.17, 15) is 4.79 Å². The topological polar surface area (TPSA) is 49.8 Å². The first kappa shape index (κ1) is 14.3. The maximum absolute atomic E-state index is 11.1. The molecule has 1 aromatic rings. The number of carboxylic acid groups (broad SMARTS) is 1. The lowest BCUT2D eigenvalue weighted by Gasteiger charge is -2.25. The highest BCUT2D eigenvalue weighted by molar-refractivity contribution is 9.10. The van der Waals surface area contributed by atoms with Gasteiger partial charge in [0.25, 0.3) is 0 Å². The fourth-order valence-electron chi connectivity index (χ4n) is 2.51. The monoisotopic (exact) mass is 327 g/mol. The number of hydrogen-bond acceptors (Lipinski definition) is 3. The molecule has 2 rings (SSSR count). The largest absolute Gasteiger partial charge is 0.488 e. The summed E-state index contributed by atoms with van der Waals surface area (Å²) in [6.45, 7) is 2.51. The van der Waals surface area contributed by atoms with Gasteiger partial charge in [-0.15, -0.1) is 0 Å². The van der Waals surface area contributed by atoms with Crippen LogP contribution in [-0.4, -0.2) is 41.7 Å². The fourth-order valence-corrected chi connectivity index (χ4v) is 2.92. The number of rotatable bonds is 5. The van der Waals surface area contributed by atoms with Crippen LogP contribution in [0.25, 0.3) is 0 Å². The minimum atomic E-state index is -0.775. The summed E-state index contributed by atoms with van der Waals surface area (Å²) in [6.07, 6.45) is 1.45. The summed E-state index contributed by atoms with van der Waals surface area (Å²) in [5.74, 6) is 0.133. The van der Waals surface area contributed by atoms with E-state index < -0.39 is 12.0 Å². The molecule has 5 heteroatoms. The summed E-state index contributed by atoms with van der Waals surface area (Å²) in [5.41, 5.74) is 1.18. The quantitative estimate of drug-likeness (QED) is 0.902. The zero-order chi connectivity index (χ0) is 14.0. The number of carbonyl (C=O) groups is 1. The van der Waals surface area contributed by atoms with Crippen molar-refractivity contribution >= 4 is 21.9 Å². The Morgan fingerprint density at radius 1 is 1.63 bits per heavy atom. The molecule has 0 bridgehead atoms. The van der Waals surface area contributed by atoms with Crippen LogP contribution in [0.3, 0.4) is 0 Å². The maximum Gasteiger partial charge on any atom is 0.320 e. The molecule has 0 fully saturated rings. The average Bonchev–Trinajstić information content (AvgIpc) is 2.70. The highest BCUT2D eigenvalue weighted by atomic mass is 79.9. The Bertz CT molecular complexity index is 478. The molecular formula is C14H18BrNO3. The second-order valence-corrected chi connectivity index (χ2v) is 5.81. The number of fused-ring (bicyclic) bond motifs is 1. The van der Waals surface area contributed by atoms with E-state index in [1.807, 2.05) is 31.0 Å². The zero-order valence-corrected chi connectivity index (χ0v) is 12.7. The van der Waals surface area contributed by atoms with Crippen LogP contribution in [-0.2, 0) is 11.2 Å². The standard InChI is InChI=1S/C14H18BrNO3/c1-3-12(14(17)18)16(2)8-11-7-9-6-10(15)4-5-13(9)19-11/h4-6,11-12H,3,7-8H2,1-2H3,(H,17,18). The van der Waals surface area contributed by atoms with Crippen molar-refractivity contribution in [3.05, 3.63) is 28.2 Å². The lowest BCUT2D eigenvalue weighted by Crippen LogP contribution is -2.43. The summed E-state index contributed by atoms with van der Waals surface area (Å²) in [6, 6.07) is 5.52. The molecule has 19 heavy (non-hydrogen) atoms. The summed E-state index contributed by atoms with van der Waals surface area (Å²) in [5, 5.41) is 9.14. The molecule has 1 heterocycles. The van der Waals surface area contributed by atoms with Gasteiger partial charge in [-0.3, -0.25) is 9.69 Å².